The van der Waals surface area contributed by atoms with Gasteiger partial charge in [-0.2, -0.15) is 0 Å². The average Bonchev–Trinajstić information content (AvgIpc) is 2.26. The first-order valence-corrected chi connectivity index (χ1v) is 7.47. The van der Waals surface area contributed by atoms with Gasteiger partial charge in [0, 0.05) is 6.54 Å². The second-order valence-electron chi connectivity index (χ2n) is 4.58. The van der Waals surface area contributed by atoms with Crippen molar-refractivity contribution in [3.8, 4) is 0 Å². The van der Waals surface area contributed by atoms with Crippen molar-refractivity contribution in [2.24, 2.45) is 0 Å². The Bertz CT molecular complexity index is 478. The second-order valence-corrected chi connectivity index (χ2v) is 6.31. The molecule has 0 aliphatic rings. The number of hydrogen-bond donors (Lipinski definition) is 1. The van der Waals surface area contributed by atoms with Gasteiger partial charge in [-0.3, -0.25) is 0 Å². The summed E-state index contributed by atoms with van der Waals surface area (Å²) in [6.45, 7) is 8.36. The highest BCUT2D eigenvalue weighted by atomic mass is 32.2. The van der Waals surface area contributed by atoms with Crippen LogP contribution in [-0.4, -0.2) is 15.0 Å². The molecule has 0 spiro atoms. The van der Waals surface area contributed by atoms with Crippen LogP contribution in [0.3, 0.4) is 0 Å². The largest absolute Gasteiger partial charge is 0.240 e. The number of hydrogen-bond acceptors (Lipinski definition) is 2. The van der Waals surface area contributed by atoms with E-state index in [1.807, 2.05) is 26.0 Å². The summed E-state index contributed by atoms with van der Waals surface area (Å²) in [7, 11) is -3.36. The third-order valence-corrected chi connectivity index (χ3v) is 4.31. The van der Waals surface area contributed by atoms with Crippen LogP contribution in [0.4, 0.5) is 0 Å². The molecule has 1 rings (SSSR count). The first kappa shape index (κ1) is 14.2. The van der Waals surface area contributed by atoms with Crippen LogP contribution in [0, 0.1) is 6.92 Å². The van der Waals surface area contributed by atoms with Crippen molar-refractivity contribution >= 4 is 10.0 Å². The van der Waals surface area contributed by atoms with Crippen molar-refractivity contribution in [2.45, 2.75) is 44.9 Å². The quantitative estimate of drug-likeness (QED) is 0.879. The first-order chi connectivity index (χ1) is 7.88. The third-order valence-electron chi connectivity index (χ3n) is 2.71. The Morgan fingerprint density at radius 2 is 1.94 bits per heavy atom. The minimum absolute atomic E-state index is 0.329. The Hall–Kier alpha value is -0.870. The minimum Gasteiger partial charge on any atom is -0.211 e. The fourth-order valence-electron chi connectivity index (χ4n) is 1.58. The molecule has 0 aliphatic carbocycles. The van der Waals surface area contributed by atoms with Crippen LogP contribution in [0.2, 0.25) is 0 Å². The zero-order valence-electron chi connectivity index (χ0n) is 10.9. The van der Waals surface area contributed by atoms with E-state index >= 15 is 0 Å². The lowest BCUT2D eigenvalue weighted by atomic mass is 10.0. The molecule has 0 aliphatic heterocycles. The number of rotatable bonds is 5. The van der Waals surface area contributed by atoms with Crippen molar-refractivity contribution in [3.63, 3.8) is 0 Å². The number of benzene rings is 1. The molecule has 96 valence electrons. The van der Waals surface area contributed by atoms with Crippen LogP contribution in [0.25, 0.3) is 0 Å². The number of nitrogens with one attached hydrogen (secondary N) is 1. The standard InChI is InChI=1S/C13H21NO2S/c1-5-8-14-17(15,16)13-9-12(10(2)3)7-6-11(13)4/h6-7,9-10,14H,5,8H2,1-4H3. The molecular weight excluding hydrogens is 234 g/mol. The maximum atomic E-state index is 12.1. The molecule has 0 saturated carbocycles. The van der Waals surface area contributed by atoms with Crippen LogP contribution in [0.1, 0.15) is 44.2 Å². The highest BCUT2D eigenvalue weighted by Crippen LogP contribution is 2.21. The molecule has 0 saturated heterocycles. The van der Waals surface area contributed by atoms with Crippen LogP contribution >= 0.6 is 0 Å². The molecule has 3 nitrogen and oxygen atoms in total. The molecule has 0 amide bonds. The molecule has 0 aromatic heterocycles. The van der Waals surface area contributed by atoms with Crippen LogP contribution in [-0.2, 0) is 10.0 Å². The maximum absolute atomic E-state index is 12.1. The summed E-state index contributed by atoms with van der Waals surface area (Å²) in [5.41, 5.74) is 1.84. The van der Waals surface area contributed by atoms with E-state index in [-0.39, 0.29) is 0 Å². The minimum atomic E-state index is -3.36. The molecule has 17 heavy (non-hydrogen) atoms. The summed E-state index contributed by atoms with van der Waals surface area (Å²) in [5.74, 6) is 0.329. The van der Waals surface area contributed by atoms with Crippen molar-refractivity contribution in [2.75, 3.05) is 6.54 Å². The number of sulfonamides is 1. The fourth-order valence-corrected chi connectivity index (χ4v) is 2.99. The van der Waals surface area contributed by atoms with Gasteiger partial charge in [-0.1, -0.05) is 32.9 Å². The lowest BCUT2D eigenvalue weighted by Gasteiger charge is -2.12. The molecule has 0 unspecified atom stereocenters. The Kier molecular flexibility index (Phi) is 4.71. The van der Waals surface area contributed by atoms with Gasteiger partial charge in [-0.05, 0) is 36.5 Å². The summed E-state index contributed by atoms with van der Waals surface area (Å²) in [6.07, 6.45) is 0.794. The second kappa shape index (κ2) is 5.65. The topological polar surface area (TPSA) is 46.2 Å². The lowest BCUT2D eigenvalue weighted by Crippen LogP contribution is -2.25. The van der Waals surface area contributed by atoms with Gasteiger partial charge in [0.2, 0.25) is 10.0 Å². The van der Waals surface area contributed by atoms with E-state index < -0.39 is 10.0 Å². The van der Waals surface area contributed by atoms with Crippen LogP contribution in [0.5, 0.6) is 0 Å². The molecule has 0 atom stereocenters. The average molecular weight is 255 g/mol. The van der Waals surface area contributed by atoms with Gasteiger partial charge < -0.3 is 0 Å². The first-order valence-electron chi connectivity index (χ1n) is 5.98. The zero-order valence-corrected chi connectivity index (χ0v) is 11.8. The fraction of sp³-hybridized carbons (Fsp3) is 0.538. The normalized spacial score (nSPS) is 12.1. The van der Waals surface area contributed by atoms with E-state index in [1.165, 1.54) is 0 Å². The highest BCUT2D eigenvalue weighted by Gasteiger charge is 2.17. The highest BCUT2D eigenvalue weighted by molar-refractivity contribution is 7.89. The van der Waals surface area contributed by atoms with Crippen molar-refractivity contribution < 1.29 is 8.42 Å². The van der Waals surface area contributed by atoms with E-state index in [9.17, 15) is 8.42 Å². The zero-order chi connectivity index (χ0) is 13.1. The van der Waals surface area contributed by atoms with Gasteiger partial charge in [0.15, 0.2) is 0 Å². The van der Waals surface area contributed by atoms with E-state index in [4.69, 9.17) is 0 Å². The molecule has 0 bridgehead atoms. The van der Waals surface area contributed by atoms with E-state index in [0.717, 1.165) is 17.5 Å². The smallest absolute Gasteiger partial charge is 0.211 e. The summed E-state index contributed by atoms with van der Waals surface area (Å²) in [5, 5.41) is 0. The van der Waals surface area contributed by atoms with Gasteiger partial charge in [0.05, 0.1) is 4.90 Å². The van der Waals surface area contributed by atoms with E-state index in [0.29, 0.717) is 17.4 Å². The monoisotopic (exact) mass is 255 g/mol. The molecule has 1 aromatic rings. The Morgan fingerprint density at radius 3 is 2.47 bits per heavy atom. The molecule has 0 heterocycles. The Labute approximate surface area is 104 Å². The Morgan fingerprint density at radius 1 is 1.29 bits per heavy atom. The van der Waals surface area contributed by atoms with E-state index in [1.54, 1.807) is 6.07 Å². The molecule has 0 radical (unpaired) electrons. The van der Waals surface area contributed by atoms with Gasteiger partial charge in [0.1, 0.15) is 0 Å². The molecule has 4 heteroatoms. The maximum Gasteiger partial charge on any atom is 0.240 e. The van der Waals surface area contributed by atoms with Crippen LogP contribution in [0.15, 0.2) is 23.1 Å². The van der Waals surface area contributed by atoms with Gasteiger partial charge in [0.25, 0.3) is 0 Å². The number of aryl methyl sites for hydroxylation is 1. The Balaban J connectivity index is 3.16. The van der Waals surface area contributed by atoms with E-state index in [2.05, 4.69) is 18.6 Å². The molecular formula is C13H21NO2S. The predicted molar refractivity (Wildman–Crippen MR) is 70.7 cm³/mol. The SMILES string of the molecule is CCCNS(=O)(=O)c1cc(C(C)C)ccc1C. The van der Waals surface area contributed by atoms with Crippen molar-refractivity contribution in [1.29, 1.82) is 0 Å². The van der Waals surface area contributed by atoms with Gasteiger partial charge in [-0.25, -0.2) is 13.1 Å². The summed E-state index contributed by atoms with van der Waals surface area (Å²) in [6, 6.07) is 5.63. The van der Waals surface area contributed by atoms with Crippen molar-refractivity contribution in [3.05, 3.63) is 29.3 Å². The molecule has 0 fully saturated rings. The lowest BCUT2D eigenvalue weighted by molar-refractivity contribution is 0.580. The predicted octanol–water partition coefficient (Wildman–Crippen LogP) is 2.81. The molecule has 1 N–H and O–H groups in total. The summed E-state index contributed by atoms with van der Waals surface area (Å²) in [4.78, 5) is 0.400. The van der Waals surface area contributed by atoms with Gasteiger partial charge in [-0.15, -0.1) is 0 Å². The third kappa shape index (κ3) is 3.54. The summed E-state index contributed by atoms with van der Waals surface area (Å²) < 4.78 is 26.8. The van der Waals surface area contributed by atoms with Gasteiger partial charge >= 0.3 is 0 Å². The molecule has 1 aromatic carbocycles. The summed E-state index contributed by atoms with van der Waals surface area (Å²) >= 11 is 0. The van der Waals surface area contributed by atoms with Crippen molar-refractivity contribution in [1.82, 2.24) is 4.72 Å². The van der Waals surface area contributed by atoms with Crippen LogP contribution < -0.4 is 4.72 Å².